The van der Waals surface area contributed by atoms with E-state index in [1.807, 2.05) is 0 Å². The van der Waals surface area contributed by atoms with Crippen LogP contribution in [-0.2, 0) is 56.0 Å². The minimum atomic E-state index is 0. The van der Waals surface area contributed by atoms with Gasteiger partial charge in [-0.15, -0.1) is 0 Å². The van der Waals surface area contributed by atoms with Gasteiger partial charge in [0.05, 0.1) is 0 Å². The van der Waals surface area contributed by atoms with Crippen molar-refractivity contribution in [1.29, 1.82) is 0 Å². The average molecular weight is 203 g/mol. The van der Waals surface area contributed by atoms with Crippen molar-refractivity contribution >= 4 is 11.0 Å². The predicted molar refractivity (Wildman–Crippen MR) is 8.50 cm³/mol. The maximum Gasteiger partial charge on any atom is 4.00 e. The molecule has 0 atom stereocenters. The standard InChI is InChI=1S/Fe.Mn.4O.Si/q2*+2;4*-2;+4. The van der Waals surface area contributed by atoms with Crippen LogP contribution in [0.4, 0.5) is 0 Å². The van der Waals surface area contributed by atoms with Crippen LogP contribution in [0.5, 0.6) is 0 Å². The molecule has 7 heteroatoms. The smallest absolute Gasteiger partial charge is 2.00 e. The Kier molecular flexibility index (Phi) is 10600. The molecule has 0 spiro atoms. The fraction of sp³-hybridized carbons (Fsp3) is 0. The Morgan fingerprint density at radius 2 is 0.571 bits per heavy atom. The van der Waals surface area contributed by atoms with Crippen molar-refractivity contribution in [2.45, 2.75) is 0 Å². The molecule has 0 aliphatic heterocycles. The molecule has 0 aromatic rings. The van der Waals surface area contributed by atoms with Crippen LogP contribution < -0.4 is 0 Å². The third-order valence-electron chi connectivity index (χ3n) is 0. The van der Waals surface area contributed by atoms with E-state index in [2.05, 4.69) is 0 Å². The first kappa shape index (κ1) is 339. The normalized spacial score (nSPS) is 0. The second-order valence-electron chi connectivity index (χ2n) is 0. The molecule has 0 saturated heterocycles. The second kappa shape index (κ2) is 220. The van der Waals surface area contributed by atoms with Gasteiger partial charge in [0.15, 0.2) is 0 Å². The van der Waals surface area contributed by atoms with Crippen LogP contribution in [0.15, 0.2) is 0 Å². The monoisotopic (exact) mass is 203 g/mol. The van der Waals surface area contributed by atoms with Crippen molar-refractivity contribution in [2.75, 3.05) is 0 Å². The fourth-order valence-corrected chi connectivity index (χ4v) is 0. The SMILES string of the molecule is [Fe+2].[Mn+2].[O-2].[O-2].[O-2].[O-2].[Si+4]. The Morgan fingerprint density at radius 3 is 0.571 bits per heavy atom. The van der Waals surface area contributed by atoms with Crippen LogP contribution in [-0.4, -0.2) is 11.0 Å². The Labute approximate surface area is 67.3 Å². The first-order valence-electron chi connectivity index (χ1n) is 0. The Balaban J connectivity index is 0. The first-order chi connectivity index (χ1) is 0. The third kappa shape index (κ3) is 153. The quantitative estimate of drug-likeness (QED) is 0.455. The third-order valence-corrected chi connectivity index (χ3v) is 0. The van der Waals surface area contributed by atoms with Gasteiger partial charge in [-0.05, 0) is 0 Å². The molecular weight excluding hydrogens is 203 g/mol. The molecule has 0 bridgehead atoms. The van der Waals surface area contributed by atoms with Crippen molar-refractivity contribution in [3.8, 4) is 0 Å². The molecule has 0 amide bonds. The zero-order chi connectivity index (χ0) is 0. The van der Waals surface area contributed by atoms with Gasteiger partial charge in [-0.1, -0.05) is 0 Å². The summed E-state index contributed by atoms with van der Waals surface area (Å²) in [5, 5.41) is 0. The van der Waals surface area contributed by atoms with E-state index >= 15 is 0 Å². The van der Waals surface area contributed by atoms with Crippen molar-refractivity contribution < 1.29 is 56.0 Å². The maximum atomic E-state index is 0. The summed E-state index contributed by atoms with van der Waals surface area (Å²) in [6.07, 6.45) is 0. The van der Waals surface area contributed by atoms with E-state index in [1.54, 1.807) is 0 Å². The van der Waals surface area contributed by atoms with Crippen molar-refractivity contribution in [3.05, 3.63) is 0 Å². The number of rotatable bonds is 0. The van der Waals surface area contributed by atoms with E-state index in [0.717, 1.165) is 0 Å². The molecule has 0 aromatic heterocycles. The van der Waals surface area contributed by atoms with Gasteiger partial charge < -0.3 is 21.9 Å². The molecule has 43 valence electrons. The number of hydrogen-bond donors (Lipinski definition) is 0. The molecule has 0 N–H and O–H groups in total. The largest absolute Gasteiger partial charge is 4.00 e. The molecule has 0 saturated carbocycles. The van der Waals surface area contributed by atoms with E-state index in [4.69, 9.17) is 0 Å². The molecule has 0 aliphatic rings. The molecule has 1 radical (unpaired) electrons. The molecule has 7 heavy (non-hydrogen) atoms. The summed E-state index contributed by atoms with van der Waals surface area (Å²) in [5.41, 5.74) is 0. The van der Waals surface area contributed by atoms with Crippen LogP contribution >= 0.6 is 0 Å². The van der Waals surface area contributed by atoms with E-state index in [9.17, 15) is 0 Å². The van der Waals surface area contributed by atoms with Gasteiger partial charge in [-0.2, -0.15) is 0 Å². The van der Waals surface area contributed by atoms with Crippen LogP contribution in [0.25, 0.3) is 0 Å². The molecule has 0 heterocycles. The summed E-state index contributed by atoms with van der Waals surface area (Å²) in [4.78, 5) is 0. The average Bonchev–Trinajstić information content (AvgIpc) is 0. The van der Waals surface area contributed by atoms with E-state index in [1.165, 1.54) is 0 Å². The van der Waals surface area contributed by atoms with Crippen LogP contribution in [0, 0.1) is 0 Å². The van der Waals surface area contributed by atoms with Crippen LogP contribution in [0.2, 0.25) is 0 Å². The van der Waals surface area contributed by atoms with E-state index in [0.29, 0.717) is 0 Å². The van der Waals surface area contributed by atoms with Gasteiger partial charge in [-0.25, -0.2) is 0 Å². The molecule has 0 unspecified atom stereocenters. The minimum Gasteiger partial charge on any atom is -2.00 e. The zero-order valence-electron chi connectivity index (χ0n) is 2.86. The minimum absolute atomic E-state index is 0. The summed E-state index contributed by atoms with van der Waals surface area (Å²) < 4.78 is 0. The predicted octanol–water partition coefficient (Wildman–Crippen LogP) is -0.861. The zero-order valence-corrected chi connectivity index (χ0v) is 6.15. The molecule has 0 aromatic carbocycles. The van der Waals surface area contributed by atoms with Gasteiger partial charge in [0.1, 0.15) is 0 Å². The molecule has 4 nitrogen and oxygen atoms in total. The van der Waals surface area contributed by atoms with E-state index < -0.39 is 0 Å². The summed E-state index contributed by atoms with van der Waals surface area (Å²) in [7, 11) is 0. The van der Waals surface area contributed by atoms with Crippen molar-refractivity contribution in [2.24, 2.45) is 0 Å². The Morgan fingerprint density at radius 1 is 0.571 bits per heavy atom. The number of hydrogen-bond acceptors (Lipinski definition) is 0. The Bertz CT molecular complexity index is 11.7. The van der Waals surface area contributed by atoms with Crippen LogP contribution in [0.1, 0.15) is 0 Å². The van der Waals surface area contributed by atoms with Gasteiger partial charge in [0.2, 0.25) is 0 Å². The summed E-state index contributed by atoms with van der Waals surface area (Å²) in [6.45, 7) is 0. The molecule has 0 fully saturated rings. The first-order valence-corrected chi connectivity index (χ1v) is 0. The summed E-state index contributed by atoms with van der Waals surface area (Å²) >= 11 is 0. The van der Waals surface area contributed by atoms with Gasteiger partial charge in [0, 0.05) is 0 Å². The van der Waals surface area contributed by atoms with Gasteiger partial charge in [-0.3, -0.25) is 0 Å². The van der Waals surface area contributed by atoms with Crippen molar-refractivity contribution in [1.82, 2.24) is 0 Å². The Hall–Kier alpha value is 1.10. The molecular formula is FeMnO4Si. The second-order valence-corrected chi connectivity index (χ2v) is 0. The fourth-order valence-electron chi connectivity index (χ4n) is 0. The molecule has 0 aliphatic carbocycles. The van der Waals surface area contributed by atoms with Crippen LogP contribution in [0.3, 0.4) is 0 Å². The van der Waals surface area contributed by atoms with Gasteiger partial charge >= 0.3 is 45.1 Å². The van der Waals surface area contributed by atoms with E-state index in [-0.39, 0.29) is 67.0 Å². The summed E-state index contributed by atoms with van der Waals surface area (Å²) in [5.74, 6) is 0. The topological polar surface area (TPSA) is 114 Å². The maximum absolute atomic E-state index is 0. The van der Waals surface area contributed by atoms with Crippen molar-refractivity contribution in [3.63, 3.8) is 0 Å². The summed E-state index contributed by atoms with van der Waals surface area (Å²) in [6, 6.07) is 0. The molecule has 0 rings (SSSR count). The van der Waals surface area contributed by atoms with Gasteiger partial charge in [0.25, 0.3) is 0 Å².